The molecule has 2 aromatic rings. The lowest BCUT2D eigenvalue weighted by molar-refractivity contribution is -0.139. The van der Waals surface area contributed by atoms with E-state index in [4.69, 9.17) is 34.8 Å². The van der Waals surface area contributed by atoms with Crippen LogP contribution in [0.5, 0.6) is 0 Å². The van der Waals surface area contributed by atoms with Gasteiger partial charge in [-0.05, 0) is 60.6 Å². The molecule has 2 aromatic carbocycles. The van der Waals surface area contributed by atoms with Crippen molar-refractivity contribution in [3.05, 3.63) is 73.7 Å². The molecule has 0 aliphatic heterocycles. The Labute approximate surface area is 250 Å². The summed E-state index contributed by atoms with van der Waals surface area (Å²) < 4.78 is 83.1. The summed E-state index contributed by atoms with van der Waals surface area (Å²) >= 11 is 17.5. The number of carbonyl (C=O) groups excluding carboxylic acids is 2. The SMILES string of the molecule is C[C@H](CC(=O)CCCC(C)(C)C)NC(=O)c1ccc(/C=C/C(c2cc(Cl)c(Cl)c(Cl)c2)C(F)(F)F)cc1C(F)(F)F. The Kier molecular flexibility index (Phi) is 11.8. The Bertz CT molecular complexity index is 1260. The highest BCUT2D eigenvalue weighted by Gasteiger charge is 2.40. The van der Waals surface area contributed by atoms with Gasteiger partial charge in [-0.2, -0.15) is 26.3 Å². The molecule has 0 heterocycles. The Balaban J connectivity index is 2.27. The summed E-state index contributed by atoms with van der Waals surface area (Å²) in [5.41, 5.74) is -2.58. The first-order valence-corrected chi connectivity index (χ1v) is 13.8. The summed E-state index contributed by atoms with van der Waals surface area (Å²) in [4.78, 5) is 25.0. The number of allylic oxidation sites excluding steroid dienone is 1. The highest BCUT2D eigenvalue weighted by atomic mass is 35.5. The van der Waals surface area contributed by atoms with Crippen molar-refractivity contribution in [2.75, 3.05) is 0 Å². The summed E-state index contributed by atoms with van der Waals surface area (Å²) in [5.74, 6) is -3.43. The van der Waals surface area contributed by atoms with Gasteiger partial charge in [0.25, 0.3) is 5.91 Å². The van der Waals surface area contributed by atoms with E-state index in [-0.39, 0.29) is 43.8 Å². The minimum Gasteiger partial charge on any atom is -0.349 e. The Hall–Kier alpha value is -2.23. The van der Waals surface area contributed by atoms with Crippen LogP contribution < -0.4 is 5.32 Å². The third-order valence-electron chi connectivity index (χ3n) is 6.09. The zero-order chi connectivity index (χ0) is 31.3. The standard InChI is InChI=1S/C29H30Cl3F6NO2/c1-16(12-19(40)6-5-11-27(2,3)4)39-26(41)20-9-7-17(13-22(20)29(36,37)38)8-10-21(28(33,34)35)18-14-23(30)25(32)24(31)15-18/h7-10,13-16,21H,5-6,11-12H2,1-4H3,(H,39,41)/b10-8+/t16-,21?/m1/s1. The normalized spacial score (nSPS) is 14.3. The molecule has 1 unspecified atom stereocenters. The topological polar surface area (TPSA) is 46.2 Å². The molecule has 12 heteroatoms. The van der Waals surface area contributed by atoms with Crippen LogP contribution in [-0.4, -0.2) is 23.9 Å². The van der Waals surface area contributed by atoms with Crippen molar-refractivity contribution >= 4 is 52.6 Å². The van der Waals surface area contributed by atoms with Crippen molar-refractivity contribution in [2.24, 2.45) is 5.41 Å². The summed E-state index contributed by atoms with van der Waals surface area (Å²) in [6.07, 6.45) is -6.56. The zero-order valence-electron chi connectivity index (χ0n) is 22.7. The monoisotopic (exact) mass is 643 g/mol. The van der Waals surface area contributed by atoms with Gasteiger partial charge in [0.1, 0.15) is 5.78 Å². The Morgan fingerprint density at radius 1 is 0.951 bits per heavy atom. The maximum absolute atomic E-state index is 13.9. The number of Topliss-reactive ketones (excluding diaryl/α,β-unsaturated/α-hetero) is 1. The second-order valence-electron chi connectivity index (χ2n) is 11.0. The van der Waals surface area contributed by atoms with Gasteiger partial charge in [-0.15, -0.1) is 0 Å². The van der Waals surface area contributed by atoms with Crippen LogP contribution in [0.25, 0.3) is 6.08 Å². The van der Waals surface area contributed by atoms with E-state index in [9.17, 15) is 35.9 Å². The third kappa shape index (κ3) is 10.8. The molecule has 0 aliphatic carbocycles. The fourth-order valence-electron chi connectivity index (χ4n) is 4.08. The molecule has 0 aliphatic rings. The quantitative estimate of drug-likeness (QED) is 0.207. The van der Waals surface area contributed by atoms with Gasteiger partial charge < -0.3 is 5.32 Å². The number of ketones is 1. The maximum atomic E-state index is 13.9. The van der Waals surface area contributed by atoms with Gasteiger partial charge in [0, 0.05) is 18.9 Å². The third-order valence-corrected chi connectivity index (χ3v) is 7.28. The maximum Gasteiger partial charge on any atom is 0.417 e. The molecule has 41 heavy (non-hydrogen) atoms. The van der Waals surface area contributed by atoms with E-state index in [1.807, 2.05) is 20.8 Å². The van der Waals surface area contributed by atoms with E-state index in [1.165, 1.54) is 6.92 Å². The lowest BCUT2D eigenvalue weighted by Crippen LogP contribution is -2.35. The van der Waals surface area contributed by atoms with Crippen LogP contribution in [0.2, 0.25) is 15.1 Å². The molecule has 1 N–H and O–H groups in total. The molecule has 1 amide bonds. The van der Waals surface area contributed by atoms with Crippen LogP contribution in [-0.2, 0) is 11.0 Å². The van der Waals surface area contributed by atoms with Gasteiger partial charge in [-0.25, -0.2) is 0 Å². The minimum atomic E-state index is -4.98. The molecule has 0 radical (unpaired) electrons. The van der Waals surface area contributed by atoms with Crippen LogP contribution in [0.4, 0.5) is 26.3 Å². The van der Waals surface area contributed by atoms with E-state index in [1.54, 1.807) is 0 Å². The van der Waals surface area contributed by atoms with Crippen LogP contribution >= 0.6 is 34.8 Å². The summed E-state index contributed by atoms with van der Waals surface area (Å²) in [7, 11) is 0. The smallest absolute Gasteiger partial charge is 0.349 e. The van der Waals surface area contributed by atoms with Gasteiger partial charge >= 0.3 is 12.4 Å². The second kappa shape index (κ2) is 13.8. The van der Waals surface area contributed by atoms with Crippen LogP contribution in [0, 0.1) is 5.41 Å². The summed E-state index contributed by atoms with van der Waals surface area (Å²) in [6, 6.07) is 3.79. The fraction of sp³-hybridized carbons (Fsp3) is 0.448. The van der Waals surface area contributed by atoms with Crippen LogP contribution in [0.1, 0.15) is 86.3 Å². The van der Waals surface area contributed by atoms with Gasteiger partial charge in [0.15, 0.2) is 0 Å². The number of carbonyl (C=O) groups is 2. The highest BCUT2D eigenvalue weighted by molar-refractivity contribution is 6.48. The second-order valence-corrected chi connectivity index (χ2v) is 12.2. The van der Waals surface area contributed by atoms with Crippen molar-refractivity contribution in [2.45, 2.75) is 77.7 Å². The molecule has 0 spiro atoms. The van der Waals surface area contributed by atoms with Crippen molar-refractivity contribution in [1.82, 2.24) is 5.32 Å². The minimum absolute atomic E-state index is 0.0460. The molecule has 0 saturated heterocycles. The van der Waals surface area contributed by atoms with Crippen molar-refractivity contribution < 1.29 is 35.9 Å². The van der Waals surface area contributed by atoms with Gasteiger partial charge in [0.2, 0.25) is 0 Å². The Morgan fingerprint density at radius 2 is 1.54 bits per heavy atom. The van der Waals surface area contributed by atoms with E-state index < -0.39 is 41.3 Å². The molecule has 0 saturated carbocycles. The molecule has 2 rings (SSSR count). The number of halogens is 9. The van der Waals surface area contributed by atoms with E-state index >= 15 is 0 Å². The number of hydrogen-bond acceptors (Lipinski definition) is 2. The molecule has 226 valence electrons. The number of hydrogen-bond donors (Lipinski definition) is 1. The number of alkyl halides is 6. The van der Waals surface area contributed by atoms with E-state index in [0.29, 0.717) is 25.0 Å². The zero-order valence-corrected chi connectivity index (χ0v) is 25.0. The molecule has 2 atom stereocenters. The number of rotatable bonds is 10. The largest absolute Gasteiger partial charge is 0.417 e. The molecular weight excluding hydrogens is 615 g/mol. The average molecular weight is 645 g/mol. The van der Waals surface area contributed by atoms with Gasteiger partial charge in [0.05, 0.1) is 32.1 Å². The lowest BCUT2D eigenvalue weighted by Gasteiger charge is -2.19. The average Bonchev–Trinajstić information content (AvgIpc) is 2.80. The molecular formula is C29H30Cl3F6NO2. The fourth-order valence-corrected chi connectivity index (χ4v) is 4.69. The Morgan fingerprint density at radius 3 is 2.05 bits per heavy atom. The highest BCUT2D eigenvalue weighted by Crippen LogP contribution is 2.41. The summed E-state index contributed by atoms with van der Waals surface area (Å²) in [5, 5.41) is 1.84. The summed E-state index contributed by atoms with van der Waals surface area (Å²) in [6.45, 7) is 7.64. The van der Waals surface area contributed by atoms with Gasteiger partial charge in [-0.1, -0.05) is 73.8 Å². The van der Waals surface area contributed by atoms with Gasteiger partial charge in [-0.3, -0.25) is 9.59 Å². The van der Waals surface area contributed by atoms with Crippen molar-refractivity contribution in [3.63, 3.8) is 0 Å². The molecule has 0 bridgehead atoms. The van der Waals surface area contributed by atoms with E-state index in [0.717, 1.165) is 36.8 Å². The van der Waals surface area contributed by atoms with Crippen molar-refractivity contribution in [3.8, 4) is 0 Å². The van der Waals surface area contributed by atoms with Crippen LogP contribution in [0.3, 0.4) is 0 Å². The predicted octanol–water partition coefficient (Wildman–Crippen LogP) is 10.3. The number of amides is 1. The molecule has 3 nitrogen and oxygen atoms in total. The van der Waals surface area contributed by atoms with Crippen LogP contribution in [0.15, 0.2) is 36.4 Å². The molecule has 0 fully saturated rings. The predicted molar refractivity (Wildman–Crippen MR) is 151 cm³/mol. The lowest BCUT2D eigenvalue weighted by atomic mass is 9.89. The van der Waals surface area contributed by atoms with E-state index in [2.05, 4.69) is 5.32 Å². The number of benzene rings is 2. The first-order chi connectivity index (χ1) is 18.7. The molecule has 0 aromatic heterocycles. The van der Waals surface area contributed by atoms with Crippen molar-refractivity contribution in [1.29, 1.82) is 0 Å². The first kappa shape index (κ1) is 35.0. The number of nitrogens with one attached hydrogen (secondary N) is 1. The first-order valence-electron chi connectivity index (χ1n) is 12.6.